The molecule has 1 aromatic heterocycles. The molecule has 0 fully saturated rings. The summed E-state index contributed by atoms with van der Waals surface area (Å²) in [4.78, 5) is 16.3. The molecule has 0 saturated heterocycles. The van der Waals surface area contributed by atoms with Crippen LogP contribution >= 0.6 is 0 Å². The standard InChI is InChI=1S/C16H18FN3O/c1-3-7-18-15-10-12(6-8-19-15)16(21)20-13-4-5-14(17)11(2)9-13/h4-6,8-10H,3,7H2,1-2H3,(H,18,19)(H,20,21). The first-order valence-electron chi connectivity index (χ1n) is 6.87. The first-order valence-corrected chi connectivity index (χ1v) is 6.87. The van der Waals surface area contributed by atoms with E-state index < -0.39 is 0 Å². The molecule has 0 aliphatic carbocycles. The van der Waals surface area contributed by atoms with Gasteiger partial charge < -0.3 is 10.6 Å². The van der Waals surface area contributed by atoms with Crippen LogP contribution in [-0.4, -0.2) is 17.4 Å². The Labute approximate surface area is 123 Å². The first kappa shape index (κ1) is 15.0. The number of hydrogen-bond acceptors (Lipinski definition) is 3. The highest BCUT2D eigenvalue weighted by Crippen LogP contribution is 2.15. The lowest BCUT2D eigenvalue weighted by Gasteiger charge is -2.08. The van der Waals surface area contributed by atoms with Crippen molar-refractivity contribution in [3.63, 3.8) is 0 Å². The molecule has 0 spiro atoms. The van der Waals surface area contributed by atoms with Gasteiger partial charge in [-0.05, 0) is 49.2 Å². The van der Waals surface area contributed by atoms with Crippen molar-refractivity contribution in [2.75, 3.05) is 17.2 Å². The van der Waals surface area contributed by atoms with E-state index in [1.54, 1.807) is 31.3 Å². The number of nitrogens with one attached hydrogen (secondary N) is 2. The predicted molar refractivity (Wildman–Crippen MR) is 82.1 cm³/mol. The van der Waals surface area contributed by atoms with Gasteiger partial charge >= 0.3 is 0 Å². The van der Waals surface area contributed by atoms with Crippen molar-refractivity contribution < 1.29 is 9.18 Å². The Morgan fingerprint density at radius 1 is 1.29 bits per heavy atom. The molecule has 0 aliphatic rings. The number of amides is 1. The number of aryl methyl sites for hydroxylation is 1. The zero-order valence-corrected chi connectivity index (χ0v) is 12.1. The van der Waals surface area contributed by atoms with E-state index >= 15 is 0 Å². The van der Waals surface area contributed by atoms with E-state index in [1.807, 2.05) is 0 Å². The largest absolute Gasteiger partial charge is 0.370 e. The Morgan fingerprint density at radius 2 is 2.10 bits per heavy atom. The molecule has 2 rings (SSSR count). The van der Waals surface area contributed by atoms with E-state index in [1.165, 1.54) is 12.1 Å². The van der Waals surface area contributed by atoms with Gasteiger partial charge in [0.25, 0.3) is 5.91 Å². The zero-order valence-electron chi connectivity index (χ0n) is 12.1. The van der Waals surface area contributed by atoms with Crippen LogP contribution in [0.5, 0.6) is 0 Å². The molecule has 0 saturated carbocycles. The molecule has 1 heterocycles. The highest BCUT2D eigenvalue weighted by Gasteiger charge is 2.08. The summed E-state index contributed by atoms with van der Waals surface area (Å²) in [5, 5.41) is 5.88. The predicted octanol–water partition coefficient (Wildman–Crippen LogP) is 3.60. The van der Waals surface area contributed by atoms with Gasteiger partial charge in [-0.25, -0.2) is 9.37 Å². The lowest BCUT2D eigenvalue weighted by Crippen LogP contribution is -2.13. The second kappa shape index (κ2) is 6.83. The fourth-order valence-electron chi connectivity index (χ4n) is 1.85. The summed E-state index contributed by atoms with van der Waals surface area (Å²) < 4.78 is 13.2. The van der Waals surface area contributed by atoms with Crippen molar-refractivity contribution >= 4 is 17.4 Å². The van der Waals surface area contributed by atoms with Gasteiger partial charge in [-0.15, -0.1) is 0 Å². The number of pyridine rings is 1. The van der Waals surface area contributed by atoms with Gasteiger partial charge in [-0.2, -0.15) is 0 Å². The van der Waals surface area contributed by atoms with Crippen molar-refractivity contribution in [1.29, 1.82) is 0 Å². The Hall–Kier alpha value is -2.43. The second-order valence-electron chi connectivity index (χ2n) is 4.77. The molecule has 1 amide bonds. The van der Waals surface area contributed by atoms with E-state index in [0.717, 1.165) is 13.0 Å². The number of carbonyl (C=O) groups is 1. The van der Waals surface area contributed by atoms with Gasteiger partial charge in [0.05, 0.1) is 0 Å². The van der Waals surface area contributed by atoms with Crippen molar-refractivity contribution in [1.82, 2.24) is 4.98 Å². The smallest absolute Gasteiger partial charge is 0.255 e. The summed E-state index contributed by atoms with van der Waals surface area (Å²) in [5.74, 6) is 0.130. The topological polar surface area (TPSA) is 54.0 Å². The van der Waals surface area contributed by atoms with Gasteiger partial charge in [0.15, 0.2) is 0 Å². The Balaban J connectivity index is 2.10. The Morgan fingerprint density at radius 3 is 2.81 bits per heavy atom. The number of nitrogens with zero attached hydrogens (tertiary/aromatic N) is 1. The maximum absolute atomic E-state index is 13.2. The summed E-state index contributed by atoms with van der Waals surface area (Å²) >= 11 is 0. The van der Waals surface area contributed by atoms with E-state index in [4.69, 9.17) is 0 Å². The van der Waals surface area contributed by atoms with E-state index in [9.17, 15) is 9.18 Å². The third-order valence-corrected chi connectivity index (χ3v) is 2.99. The maximum Gasteiger partial charge on any atom is 0.255 e. The normalized spacial score (nSPS) is 10.2. The lowest BCUT2D eigenvalue weighted by atomic mass is 10.2. The van der Waals surface area contributed by atoms with Crippen molar-refractivity contribution in [2.45, 2.75) is 20.3 Å². The summed E-state index contributed by atoms with van der Waals surface area (Å²) in [5.41, 5.74) is 1.57. The molecule has 5 heteroatoms. The van der Waals surface area contributed by atoms with Crippen LogP contribution in [0.2, 0.25) is 0 Å². The molecule has 1 aromatic carbocycles. The van der Waals surface area contributed by atoms with Crippen molar-refractivity contribution in [2.24, 2.45) is 0 Å². The van der Waals surface area contributed by atoms with Crippen molar-refractivity contribution in [3.8, 4) is 0 Å². The number of anilines is 2. The minimum Gasteiger partial charge on any atom is -0.370 e. The quantitative estimate of drug-likeness (QED) is 0.883. The Kier molecular flexibility index (Phi) is 4.87. The molecule has 0 unspecified atom stereocenters. The summed E-state index contributed by atoms with van der Waals surface area (Å²) in [6.07, 6.45) is 2.57. The number of aromatic nitrogens is 1. The number of benzene rings is 1. The fraction of sp³-hybridized carbons (Fsp3) is 0.250. The molecule has 2 N–H and O–H groups in total. The third kappa shape index (κ3) is 4.02. The summed E-state index contributed by atoms with van der Waals surface area (Å²) in [7, 11) is 0. The van der Waals surface area contributed by atoms with Crippen molar-refractivity contribution in [3.05, 3.63) is 53.5 Å². The molecule has 110 valence electrons. The molecular formula is C16H18FN3O. The highest BCUT2D eigenvalue weighted by molar-refractivity contribution is 6.04. The molecule has 0 aliphatic heterocycles. The summed E-state index contributed by atoms with van der Waals surface area (Å²) in [6, 6.07) is 7.82. The molecule has 4 nitrogen and oxygen atoms in total. The van der Waals surface area contributed by atoms with Crippen LogP contribution < -0.4 is 10.6 Å². The van der Waals surface area contributed by atoms with E-state index in [2.05, 4.69) is 22.5 Å². The van der Waals surface area contributed by atoms with Crippen LogP contribution in [0.4, 0.5) is 15.9 Å². The molecule has 0 atom stereocenters. The van der Waals surface area contributed by atoms with Crippen LogP contribution in [-0.2, 0) is 0 Å². The van der Waals surface area contributed by atoms with Crippen LogP contribution in [0.15, 0.2) is 36.5 Å². The number of halogens is 1. The first-order chi connectivity index (χ1) is 10.1. The van der Waals surface area contributed by atoms with Gasteiger partial charge in [0, 0.05) is 24.0 Å². The van der Waals surface area contributed by atoms with Gasteiger partial charge in [0.1, 0.15) is 11.6 Å². The van der Waals surface area contributed by atoms with Gasteiger partial charge in [-0.1, -0.05) is 6.92 Å². The van der Waals surface area contributed by atoms with Gasteiger partial charge in [0.2, 0.25) is 0 Å². The third-order valence-electron chi connectivity index (χ3n) is 2.99. The average Bonchev–Trinajstić information content (AvgIpc) is 2.49. The molecule has 21 heavy (non-hydrogen) atoms. The second-order valence-corrected chi connectivity index (χ2v) is 4.77. The fourth-order valence-corrected chi connectivity index (χ4v) is 1.85. The SMILES string of the molecule is CCCNc1cc(C(=O)Nc2ccc(F)c(C)c2)ccn1. The molecule has 0 radical (unpaired) electrons. The number of hydrogen-bond donors (Lipinski definition) is 2. The zero-order chi connectivity index (χ0) is 15.2. The molecular weight excluding hydrogens is 269 g/mol. The van der Waals surface area contributed by atoms with E-state index in [0.29, 0.717) is 22.6 Å². The Bertz CT molecular complexity index is 643. The summed E-state index contributed by atoms with van der Waals surface area (Å²) in [6.45, 7) is 4.51. The maximum atomic E-state index is 13.2. The van der Waals surface area contributed by atoms with Crippen LogP contribution in [0, 0.1) is 12.7 Å². The van der Waals surface area contributed by atoms with Crippen LogP contribution in [0.25, 0.3) is 0 Å². The molecule has 2 aromatic rings. The molecule has 0 bridgehead atoms. The van der Waals surface area contributed by atoms with Gasteiger partial charge in [-0.3, -0.25) is 4.79 Å². The van der Waals surface area contributed by atoms with Crippen LogP contribution in [0.1, 0.15) is 29.3 Å². The van der Waals surface area contributed by atoms with Crippen LogP contribution in [0.3, 0.4) is 0 Å². The highest BCUT2D eigenvalue weighted by atomic mass is 19.1. The number of carbonyl (C=O) groups excluding carboxylic acids is 1. The average molecular weight is 287 g/mol. The lowest BCUT2D eigenvalue weighted by molar-refractivity contribution is 0.102. The van der Waals surface area contributed by atoms with E-state index in [-0.39, 0.29) is 11.7 Å². The minimum absolute atomic E-state index is 0.247. The minimum atomic E-state index is -0.289. The monoisotopic (exact) mass is 287 g/mol. The number of rotatable bonds is 5.